The minimum atomic E-state index is 0.0845. The third-order valence-corrected chi connectivity index (χ3v) is 4.89. The van der Waals surface area contributed by atoms with Crippen LogP contribution >= 0.6 is 23.2 Å². The van der Waals surface area contributed by atoms with Gasteiger partial charge >= 0.3 is 0 Å². The molecule has 1 aromatic carbocycles. The Morgan fingerprint density at radius 2 is 2.05 bits per heavy atom. The van der Waals surface area contributed by atoms with Crippen molar-refractivity contribution in [1.29, 1.82) is 0 Å². The zero-order chi connectivity index (χ0) is 14.8. The summed E-state index contributed by atoms with van der Waals surface area (Å²) >= 11 is 12.0. The van der Waals surface area contributed by atoms with Crippen LogP contribution in [0.4, 0.5) is 0 Å². The van der Waals surface area contributed by atoms with E-state index in [1.807, 2.05) is 12.1 Å². The highest BCUT2D eigenvalue weighted by Crippen LogP contribution is 2.48. The summed E-state index contributed by atoms with van der Waals surface area (Å²) in [7, 11) is 0. The van der Waals surface area contributed by atoms with Gasteiger partial charge in [0, 0.05) is 22.5 Å². The summed E-state index contributed by atoms with van der Waals surface area (Å²) in [5.41, 5.74) is 1.08. The zero-order valence-electron chi connectivity index (χ0n) is 11.9. The van der Waals surface area contributed by atoms with Crippen LogP contribution < -0.4 is 10.6 Å². The van der Waals surface area contributed by atoms with Crippen LogP contribution in [-0.2, 0) is 4.79 Å². The van der Waals surface area contributed by atoms with Crippen LogP contribution in [0.1, 0.15) is 30.7 Å². The van der Waals surface area contributed by atoms with Crippen LogP contribution in [0.3, 0.4) is 0 Å². The van der Waals surface area contributed by atoms with Crippen molar-refractivity contribution in [3.8, 4) is 0 Å². The molecule has 0 bridgehead atoms. The number of hydrogen-bond acceptors (Lipinski definition) is 2. The maximum Gasteiger partial charge on any atom is 0.223 e. The highest BCUT2D eigenvalue weighted by atomic mass is 35.5. The number of halogens is 2. The van der Waals surface area contributed by atoms with Crippen molar-refractivity contribution < 1.29 is 4.79 Å². The van der Waals surface area contributed by atoms with Crippen molar-refractivity contribution in [3.05, 3.63) is 33.8 Å². The molecule has 0 radical (unpaired) electrons. The first-order valence-corrected chi connectivity index (χ1v) is 8.33. The molecule has 3 rings (SSSR count). The van der Waals surface area contributed by atoms with E-state index in [1.54, 1.807) is 6.07 Å². The Balaban J connectivity index is 1.46. The maximum atomic E-state index is 12.1. The van der Waals surface area contributed by atoms with E-state index in [-0.39, 0.29) is 17.7 Å². The van der Waals surface area contributed by atoms with E-state index in [0.29, 0.717) is 16.0 Å². The van der Waals surface area contributed by atoms with Gasteiger partial charge in [-0.25, -0.2) is 0 Å². The highest BCUT2D eigenvalue weighted by Gasteiger charge is 2.43. The van der Waals surface area contributed by atoms with Gasteiger partial charge in [0.1, 0.15) is 0 Å². The van der Waals surface area contributed by atoms with Gasteiger partial charge in [0.2, 0.25) is 5.91 Å². The summed E-state index contributed by atoms with van der Waals surface area (Å²) in [6.45, 7) is 2.98. The minimum absolute atomic E-state index is 0.0845. The molecular weight excluding hydrogens is 307 g/mol. The third kappa shape index (κ3) is 3.91. The lowest BCUT2D eigenvalue weighted by Crippen LogP contribution is -2.28. The number of benzene rings is 1. The molecule has 0 aromatic heterocycles. The number of carbonyl (C=O) groups excluding carboxylic acids is 1. The van der Waals surface area contributed by atoms with Gasteiger partial charge in [-0.1, -0.05) is 23.2 Å². The van der Waals surface area contributed by atoms with E-state index < -0.39 is 0 Å². The summed E-state index contributed by atoms with van der Waals surface area (Å²) in [5, 5.41) is 7.69. The van der Waals surface area contributed by atoms with Gasteiger partial charge in [-0.3, -0.25) is 4.79 Å². The van der Waals surface area contributed by atoms with Crippen molar-refractivity contribution in [1.82, 2.24) is 10.6 Å². The van der Waals surface area contributed by atoms with E-state index in [9.17, 15) is 4.79 Å². The first kappa shape index (κ1) is 15.1. The summed E-state index contributed by atoms with van der Waals surface area (Å²) in [6, 6.07) is 5.55. The molecule has 2 fully saturated rings. The first-order chi connectivity index (χ1) is 10.1. The lowest BCUT2D eigenvalue weighted by molar-refractivity contribution is -0.122. The van der Waals surface area contributed by atoms with Crippen LogP contribution in [0.2, 0.25) is 10.0 Å². The summed E-state index contributed by atoms with van der Waals surface area (Å²) in [5.74, 6) is 1.24. The van der Waals surface area contributed by atoms with Crippen molar-refractivity contribution in [2.75, 3.05) is 19.6 Å². The average Bonchev–Trinajstić information content (AvgIpc) is 3.08. The summed E-state index contributed by atoms with van der Waals surface area (Å²) in [4.78, 5) is 12.1. The van der Waals surface area contributed by atoms with Crippen molar-refractivity contribution >= 4 is 29.1 Å². The van der Waals surface area contributed by atoms with Crippen LogP contribution in [0.15, 0.2) is 18.2 Å². The molecule has 1 aliphatic carbocycles. The lowest BCUT2D eigenvalue weighted by Gasteiger charge is -2.09. The Bertz CT molecular complexity index is 509. The molecule has 21 heavy (non-hydrogen) atoms. The molecule has 5 heteroatoms. The predicted octanol–water partition coefficient (Wildman–Crippen LogP) is 3.21. The van der Waals surface area contributed by atoms with Gasteiger partial charge in [0.05, 0.1) is 0 Å². The molecule has 3 unspecified atom stereocenters. The molecular formula is C16H20Cl2N2O. The monoisotopic (exact) mass is 326 g/mol. The van der Waals surface area contributed by atoms with Gasteiger partial charge in [-0.15, -0.1) is 0 Å². The largest absolute Gasteiger partial charge is 0.356 e. The molecule has 1 saturated heterocycles. The van der Waals surface area contributed by atoms with Gasteiger partial charge in [0.15, 0.2) is 0 Å². The molecule has 0 spiro atoms. The van der Waals surface area contributed by atoms with Crippen molar-refractivity contribution in [2.45, 2.75) is 25.2 Å². The fraction of sp³-hybridized carbons (Fsp3) is 0.562. The molecule has 2 N–H and O–H groups in total. The topological polar surface area (TPSA) is 41.1 Å². The lowest BCUT2D eigenvalue weighted by atomic mass is 10.1. The quantitative estimate of drug-likeness (QED) is 0.872. The van der Waals surface area contributed by atoms with Crippen molar-refractivity contribution in [3.63, 3.8) is 0 Å². The molecule has 3 nitrogen and oxygen atoms in total. The molecule has 1 amide bonds. The summed E-state index contributed by atoms with van der Waals surface area (Å²) < 4.78 is 0. The second-order valence-corrected chi connectivity index (χ2v) is 6.96. The maximum absolute atomic E-state index is 12.1. The van der Waals surface area contributed by atoms with Crippen molar-refractivity contribution in [2.24, 2.45) is 11.8 Å². The normalized spacial score (nSPS) is 27.6. The van der Waals surface area contributed by atoms with Gasteiger partial charge in [-0.2, -0.15) is 0 Å². The van der Waals surface area contributed by atoms with Crippen LogP contribution in [0.5, 0.6) is 0 Å². The average molecular weight is 327 g/mol. The van der Waals surface area contributed by atoms with E-state index in [1.165, 1.54) is 6.42 Å². The molecule has 114 valence electrons. The Morgan fingerprint density at radius 1 is 1.29 bits per heavy atom. The predicted molar refractivity (Wildman–Crippen MR) is 85.9 cm³/mol. The van der Waals surface area contributed by atoms with E-state index in [2.05, 4.69) is 10.6 Å². The highest BCUT2D eigenvalue weighted by molar-refractivity contribution is 6.34. The van der Waals surface area contributed by atoms with E-state index >= 15 is 0 Å². The number of hydrogen-bond donors (Lipinski definition) is 2. The summed E-state index contributed by atoms with van der Waals surface area (Å²) in [6.07, 6.45) is 3.19. The Hall–Kier alpha value is -0.770. The Morgan fingerprint density at radius 3 is 2.71 bits per heavy atom. The number of amides is 1. The Labute approximate surface area is 135 Å². The number of rotatable bonds is 5. The van der Waals surface area contributed by atoms with Crippen LogP contribution in [0.25, 0.3) is 0 Å². The molecule has 1 aliphatic heterocycles. The van der Waals surface area contributed by atoms with Gasteiger partial charge in [-0.05, 0) is 68.0 Å². The first-order valence-electron chi connectivity index (χ1n) is 7.58. The second-order valence-electron chi connectivity index (χ2n) is 6.09. The second kappa shape index (κ2) is 6.55. The smallest absolute Gasteiger partial charge is 0.223 e. The fourth-order valence-corrected chi connectivity index (χ4v) is 3.68. The fourth-order valence-electron chi connectivity index (χ4n) is 3.13. The zero-order valence-corrected chi connectivity index (χ0v) is 13.4. The minimum Gasteiger partial charge on any atom is -0.356 e. The van der Waals surface area contributed by atoms with Crippen LogP contribution in [0, 0.1) is 11.8 Å². The molecule has 3 atom stereocenters. The number of nitrogens with one attached hydrogen (secondary N) is 2. The molecule has 1 aromatic rings. The van der Waals surface area contributed by atoms with Crippen LogP contribution in [-0.4, -0.2) is 25.5 Å². The molecule has 2 aliphatic rings. The molecule has 1 saturated carbocycles. The van der Waals surface area contributed by atoms with E-state index in [4.69, 9.17) is 23.2 Å². The number of carbonyl (C=O) groups is 1. The van der Waals surface area contributed by atoms with Gasteiger partial charge in [0.25, 0.3) is 0 Å². The molecule has 1 heterocycles. The Kier molecular flexibility index (Phi) is 4.72. The van der Waals surface area contributed by atoms with E-state index in [0.717, 1.165) is 38.0 Å². The van der Waals surface area contributed by atoms with Gasteiger partial charge < -0.3 is 10.6 Å². The standard InChI is InChI=1S/C16H20Cl2N2O/c17-12-5-11(6-13(18)7-12)14-8-15(14)16(21)20-4-2-10-1-3-19-9-10/h5-7,10,14-15,19H,1-4,8-9H2,(H,20,21). The SMILES string of the molecule is O=C(NCCC1CCNC1)C1CC1c1cc(Cl)cc(Cl)c1. The third-order valence-electron chi connectivity index (χ3n) is 4.45.